The van der Waals surface area contributed by atoms with Crippen LogP contribution in [0.1, 0.15) is 6.92 Å². The first-order chi connectivity index (χ1) is 15.5. The van der Waals surface area contributed by atoms with Crippen LogP contribution >= 0.6 is 0 Å². The van der Waals surface area contributed by atoms with Gasteiger partial charge in [-0.2, -0.15) is 0 Å². The number of rotatable bonds is 6. The molecule has 4 rings (SSSR count). The van der Waals surface area contributed by atoms with E-state index in [0.717, 1.165) is 16.8 Å². The van der Waals surface area contributed by atoms with Gasteiger partial charge < -0.3 is 14.5 Å². The van der Waals surface area contributed by atoms with Crippen LogP contribution < -0.4 is 9.64 Å². The number of hydrogen-bond acceptors (Lipinski definition) is 5. The third-order valence-electron chi connectivity index (χ3n) is 5.64. The van der Waals surface area contributed by atoms with E-state index in [-0.39, 0.29) is 11.6 Å². The van der Waals surface area contributed by atoms with Crippen molar-refractivity contribution in [3.8, 4) is 16.9 Å². The molecule has 0 aliphatic carbocycles. The van der Waals surface area contributed by atoms with Crippen molar-refractivity contribution in [2.24, 2.45) is 0 Å². The lowest BCUT2D eigenvalue weighted by Gasteiger charge is -2.37. The zero-order valence-electron chi connectivity index (χ0n) is 17.9. The van der Waals surface area contributed by atoms with Crippen LogP contribution in [0, 0.1) is 10.1 Å². The summed E-state index contributed by atoms with van der Waals surface area (Å²) in [6.07, 6.45) is -0.580. The lowest BCUT2D eigenvalue weighted by atomic mass is 10.1. The summed E-state index contributed by atoms with van der Waals surface area (Å²) in [4.78, 5) is 27.2. The minimum absolute atomic E-state index is 0.0412. The number of carbonyl (C=O) groups is 1. The van der Waals surface area contributed by atoms with Crippen molar-refractivity contribution in [3.63, 3.8) is 0 Å². The molecule has 0 N–H and O–H groups in total. The third kappa shape index (κ3) is 4.88. The molecule has 164 valence electrons. The van der Waals surface area contributed by atoms with Gasteiger partial charge in [-0.1, -0.05) is 42.5 Å². The standard InChI is InChI=1S/C25H25N3O4/c1-19(32-24-13-7-21(8-14-24)20-5-3-2-4-6-20)25(29)27-17-15-26(16-18-27)22-9-11-23(12-10-22)28(30)31/h2-14,19H,15-18H2,1H3. The summed E-state index contributed by atoms with van der Waals surface area (Å²) in [5, 5.41) is 10.8. The van der Waals surface area contributed by atoms with Crippen LogP contribution in [0.4, 0.5) is 11.4 Å². The zero-order valence-corrected chi connectivity index (χ0v) is 17.9. The lowest BCUT2D eigenvalue weighted by Crippen LogP contribution is -2.52. The van der Waals surface area contributed by atoms with E-state index in [0.29, 0.717) is 31.9 Å². The molecule has 32 heavy (non-hydrogen) atoms. The highest BCUT2D eigenvalue weighted by molar-refractivity contribution is 5.81. The number of amides is 1. The van der Waals surface area contributed by atoms with Crippen LogP contribution in [0.3, 0.4) is 0 Å². The van der Waals surface area contributed by atoms with E-state index in [1.54, 1.807) is 19.1 Å². The molecule has 1 amide bonds. The average molecular weight is 431 g/mol. The normalized spacial score (nSPS) is 14.7. The topological polar surface area (TPSA) is 75.9 Å². The maximum Gasteiger partial charge on any atom is 0.269 e. The van der Waals surface area contributed by atoms with E-state index in [9.17, 15) is 14.9 Å². The van der Waals surface area contributed by atoms with Crippen LogP contribution in [0.25, 0.3) is 11.1 Å². The Kier molecular flexibility index (Phi) is 6.35. The Hall–Kier alpha value is -3.87. The molecule has 1 saturated heterocycles. The van der Waals surface area contributed by atoms with Crippen molar-refractivity contribution in [2.75, 3.05) is 31.1 Å². The summed E-state index contributed by atoms with van der Waals surface area (Å²) < 4.78 is 5.90. The minimum atomic E-state index is -0.580. The second-order valence-electron chi connectivity index (χ2n) is 7.74. The SMILES string of the molecule is CC(Oc1ccc(-c2ccccc2)cc1)C(=O)N1CCN(c2ccc([N+](=O)[O-])cc2)CC1. The number of nitro benzene ring substituents is 1. The fourth-order valence-corrected chi connectivity index (χ4v) is 3.84. The van der Waals surface area contributed by atoms with Crippen molar-refractivity contribution < 1.29 is 14.5 Å². The summed E-state index contributed by atoms with van der Waals surface area (Å²) in [7, 11) is 0. The second kappa shape index (κ2) is 9.51. The quantitative estimate of drug-likeness (QED) is 0.428. The number of nitrogens with zero attached hydrogens (tertiary/aromatic N) is 3. The lowest BCUT2D eigenvalue weighted by molar-refractivity contribution is -0.384. The maximum atomic E-state index is 12.9. The monoisotopic (exact) mass is 431 g/mol. The molecule has 0 bridgehead atoms. The molecule has 1 unspecified atom stereocenters. The molecule has 0 spiro atoms. The summed E-state index contributed by atoms with van der Waals surface area (Å²) in [6.45, 7) is 4.27. The van der Waals surface area contributed by atoms with Crippen molar-refractivity contribution in [1.82, 2.24) is 4.90 Å². The summed E-state index contributed by atoms with van der Waals surface area (Å²) in [6, 6.07) is 24.4. The highest BCUT2D eigenvalue weighted by atomic mass is 16.6. The Morgan fingerprint density at radius 1 is 0.875 bits per heavy atom. The third-order valence-corrected chi connectivity index (χ3v) is 5.64. The van der Waals surface area contributed by atoms with Gasteiger partial charge in [0.15, 0.2) is 6.10 Å². The van der Waals surface area contributed by atoms with Gasteiger partial charge in [-0.05, 0) is 42.3 Å². The average Bonchev–Trinajstić information content (AvgIpc) is 2.85. The number of ether oxygens (including phenoxy) is 1. The van der Waals surface area contributed by atoms with Crippen molar-refractivity contribution >= 4 is 17.3 Å². The second-order valence-corrected chi connectivity index (χ2v) is 7.74. The first-order valence-electron chi connectivity index (χ1n) is 10.6. The predicted molar refractivity (Wildman–Crippen MR) is 124 cm³/mol. The van der Waals surface area contributed by atoms with E-state index in [2.05, 4.69) is 17.0 Å². The van der Waals surface area contributed by atoms with Crippen molar-refractivity contribution in [3.05, 3.63) is 89.0 Å². The Morgan fingerprint density at radius 2 is 1.47 bits per heavy atom. The molecule has 0 aromatic heterocycles. The zero-order chi connectivity index (χ0) is 22.5. The molecule has 0 radical (unpaired) electrons. The molecule has 1 heterocycles. The van der Waals surface area contributed by atoms with Crippen LogP contribution in [0.2, 0.25) is 0 Å². The number of non-ortho nitro benzene ring substituents is 1. The van der Waals surface area contributed by atoms with E-state index < -0.39 is 11.0 Å². The molecule has 7 nitrogen and oxygen atoms in total. The minimum Gasteiger partial charge on any atom is -0.481 e. The smallest absolute Gasteiger partial charge is 0.269 e. The summed E-state index contributed by atoms with van der Waals surface area (Å²) in [5.74, 6) is 0.621. The number of carbonyl (C=O) groups excluding carboxylic acids is 1. The molecular weight excluding hydrogens is 406 g/mol. The Labute approximate surface area is 187 Å². The number of anilines is 1. The van der Waals surface area contributed by atoms with Gasteiger partial charge in [-0.3, -0.25) is 14.9 Å². The van der Waals surface area contributed by atoms with Crippen LogP contribution in [-0.4, -0.2) is 48.0 Å². The van der Waals surface area contributed by atoms with Gasteiger partial charge in [-0.25, -0.2) is 0 Å². The van der Waals surface area contributed by atoms with Crippen LogP contribution in [-0.2, 0) is 4.79 Å². The first-order valence-corrected chi connectivity index (χ1v) is 10.6. The van der Waals surface area contributed by atoms with Gasteiger partial charge >= 0.3 is 0 Å². The van der Waals surface area contributed by atoms with Gasteiger partial charge in [0.2, 0.25) is 0 Å². The fourth-order valence-electron chi connectivity index (χ4n) is 3.84. The van der Waals surface area contributed by atoms with E-state index in [4.69, 9.17) is 4.74 Å². The molecule has 3 aromatic rings. The van der Waals surface area contributed by atoms with Gasteiger partial charge in [0.25, 0.3) is 11.6 Å². The van der Waals surface area contributed by atoms with E-state index in [1.165, 1.54) is 12.1 Å². The van der Waals surface area contributed by atoms with Gasteiger partial charge in [0.1, 0.15) is 5.75 Å². The fraction of sp³-hybridized carbons (Fsp3) is 0.240. The highest BCUT2D eigenvalue weighted by Crippen LogP contribution is 2.24. The Balaban J connectivity index is 1.30. The first kappa shape index (κ1) is 21.4. The van der Waals surface area contributed by atoms with E-state index in [1.807, 2.05) is 47.4 Å². The number of benzene rings is 3. The largest absolute Gasteiger partial charge is 0.481 e. The molecule has 1 aliphatic heterocycles. The molecule has 1 aliphatic rings. The van der Waals surface area contributed by atoms with Crippen LogP contribution in [0.15, 0.2) is 78.9 Å². The van der Waals surface area contributed by atoms with Gasteiger partial charge in [0.05, 0.1) is 4.92 Å². The summed E-state index contributed by atoms with van der Waals surface area (Å²) in [5.41, 5.74) is 3.23. The van der Waals surface area contributed by atoms with Gasteiger partial charge in [0, 0.05) is 44.0 Å². The number of hydrogen-bond donors (Lipinski definition) is 0. The Morgan fingerprint density at radius 3 is 2.06 bits per heavy atom. The number of nitro groups is 1. The molecule has 0 saturated carbocycles. The molecular formula is C25H25N3O4. The van der Waals surface area contributed by atoms with Crippen LogP contribution in [0.5, 0.6) is 5.75 Å². The number of piperazine rings is 1. The summed E-state index contributed by atoms with van der Waals surface area (Å²) >= 11 is 0. The maximum absolute atomic E-state index is 12.9. The van der Waals surface area contributed by atoms with E-state index >= 15 is 0 Å². The molecule has 3 aromatic carbocycles. The predicted octanol–water partition coefficient (Wildman–Crippen LogP) is 4.38. The Bertz CT molecular complexity index is 1060. The molecule has 1 fully saturated rings. The molecule has 7 heteroatoms. The van der Waals surface area contributed by atoms with Gasteiger partial charge in [-0.15, -0.1) is 0 Å². The van der Waals surface area contributed by atoms with Crippen molar-refractivity contribution in [2.45, 2.75) is 13.0 Å². The highest BCUT2D eigenvalue weighted by Gasteiger charge is 2.26. The molecule has 1 atom stereocenters. The van der Waals surface area contributed by atoms with Crippen molar-refractivity contribution in [1.29, 1.82) is 0 Å².